The second kappa shape index (κ2) is 6.64. The Labute approximate surface area is 192 Å². The molecule has 5 nitrogen and oxygen atoms in total. The highest BCUT2D eigenvalue weighted by molar-refractivity contribution is 6.01. The summed E-state index contributed by atoms with van der Waals surface area (Å²) >= 11 is 0. The molecule has 1 N–H and O–H groups in total. The zero-order valence-electron chi connectivity index (χ0n) is 19.3. The van der Waals surface area contributed by atoms with E-state index in [2.05, 4.69) is 13.8 Å². The quantitative estimate of drug-likeness (QED) is 0.713. The van der Waals surface area contributed by atoms with Crippen molar-refractivity contribution in [2.24, 2.45) is 28.1 Å². The predicted molar refractivity (Wildman–Crippen MR) is 116 cm³/mol. The van der Waals surface area contributed by atoms with Gasteiger partial charge in [0.25, 0.3) is 0 Å². The number of fused-ring (bicyclic) bond motifs is 7. The van der Waals surface area contributed by atoms with E-state index in [0.29, 0.717) is 19.5 Å². The Morgan fingerprint density at radius 2 is 2.03 bits per heavy atom. The molecule has 5 aliphatic rings. The summed E-state index contributed by atoms with van der Waals surface area (Å²) in [6, 6.07) is 1.91. The highest BCUT2D eigenvalue weighted by Crippen LogP contribution is 2.74. The lowest BCUT2D eigenvalue weighted by Crippen LogP contribution is -2.71. The molecule has 2 heterocycles. The molecular formula is C26H31F2NO4. The van der Waals surface area contributed by atoms with Crippen molar-refractivity contribution in [1.82, 2.24) is 5.06 Å². The zero-order chi connectivity index (χ0) is 23.4. The van der Waals surface area contributed by atoms with Gasteiger partial charge in [-0.1, -0.05) is 19.9 Å². The Balaban J connectivity index is 1.37. The lowest BCUT2D eigenvalue weighted by molar-refractivity contribution is -0.265. The van der Waals surface area contributed by atoms with E-state index in [1.165, 1.54) is 18.2 Å². The van der Waals surface area contributed by atoms with Crippen molar-refractivity contribution < 1.29 is 27.9 Å². The Hall–Kier alpha value is -1.83. The van der Waals surface area contributed by atoms with Crippen molar-refractivity contribution in [2.75, 3.05) is 6.54 Å². The van der Waals surface area contributed by atoms with Gasteiger partial charge >= 0.3 is 0 Å². The minimum atomic E-state index is -2.05. The number of furan rings is 1. The van der Waals surface area contributed by atoms with Gasteiger partial charge in [0.2, 0.25) is 0 Å². The van der Waals surface area contributed by atoms with Gasteiger partial charge < -0.3 is 9.52 Å². The van der Waals surface area contributed by atoms with Gasteiger partial charge in [0.15, 0.2) is 11.5 Å². The van der Waals surface area contributed by atoms with Crippen molar-refractivity contribution in [3.05, 3.63) is 48.0 Å². The van der Waals surface area contributed by atoms with E-state index in [-0.39, 0.29) is 36.2 Å². The van der Waals surface area contributed by atoms with Crippen LogP contribution in [0.3, 0.4) is 0 Å². The van der Waals surface area contributed by atoms with Crippen LogP contribution in [0, 0.1) is 28.1 Å². The van der Waals surface area contributed by atoms with Crippen molar-refractivity contribution in [1.29, 1.82) is 0 Å². The van der Waals surface area contributed by atoms with Crippen LogP contribution in [0.15, 0.2) is 46.8 Å². The minimum absolute atomic E-state index is 0.0274. The number of rotatable bonds is 2. The van der Waals surface area contributed by atoms with E-state index in [9.17, 15) is 9.90 Å². The summed E-state index contributed by atoms with van der Waals surface area (Å²) in [6.45, 7) is 7.12. The summed E-state index contributed by atoms with van der Waals surface area (Å²) < 4.78 is 38.0. The molecule has 1 aromatic heterocycles. The first kappa shape index (κ1) is 21.7. The maximum absolute atomic E-state index is 17.3. The molecule has 9 atom stereocenters. The molecule has 1 aromatic rings. The molecular weight excluding hydrogens is 428 g/mol. The van der Waals surface area contributed by atoms with Crippen LogP contribution >= 0.6 is 0 Å². The van der Waals surface area contributed by atoms with E-state index >= 15 is 8.78 Å². The average molecular weight is 460 g/mol. The predicted octanol–water partition coefficient (Wildman–Crippen LogP) is 4.33. The van der Waals surface area contributed by atoms with Crippen molar-refractivity contribution in [3.63, 3.8) is 0 Å². The van der Waals surface area contributed by atoms with Crippen LogP contribution in [-0.2, 0) is 16.2 Å². The van der Waals surface area contributed by atoms with E-state index in [4.69, 9.17) is 9.25 Å². The fraction of sp³-hybridized carbons (Fsp3) is 0.654. The summed E-state index contributed by atoms with van der Waals surface area (Å²) in [5, 5.41) is 13.4. The van der Waals surface area contributed by atoms with Gasteiger partial charge in [-0.05, 0) is 55.4 Å². The summed E-state index contributed by atoms with van der Waals surface area (Å²) in [7, 11) is 0. The number of halogens is 2. The van der Waals surface area contributed by atoms with Crippen LogP contribution in [0.1, 0.15) is 45.6 Å². The van der Waals surface area contributed by atoms with Crippen LogP contribution < -0.4 is 0 Å². The summed E-state index contributed by atoms with van der Waals surface area (Å²) in [6.07, 6.45) is 5.44. The van der Waals surface area contributed by atoms with Gasteiger partial charge in [0.05, 0.1) is 31.3 Å². The lowest BCUT2D eigenvalue weighted by Gasteiger charge is -2.66. The molecule has 0 radical (unpaired) electrons. The molecule has 7 heteroatoms. The molecule has 1 saturated heterocycles. The van der Waals surface area contributed by atoms with Crippen LogP contribution in [0.25, 0.3) is 0 Å². The fourth-order valence-corrected chi connectivity index (χ4v) is 8.32. The number of aliphatic hydroxyl groups excluding tert-OH is 1. The number of hydrogen-bond acceptors (Lipinski definition) is 5. The van der Waals surface area contributed by atoms with Gasteiger partial charge in [-0.25, -0.2) is 8.78 Å². The van der Waals surface area contributed by atoms with Crippen LogP contribution in [-0.4, -0.2) is 46.5 Å². The smallest absolute Gasteiger partial charge is 0.178 e. The molecule has 178 valence electrons. The monoisotopic (exact) mass is 459 g/mol. The number of hydroxylamine groups is 2. The average Bonchev–Trinajstić information content (AvgIpc) is 3.45. The Morgan fingerprint density at radius 3 is 2.76 bits per heavy atom. The second-order valence-electron chi connectivity index (χ2n) is 11.6. The number of carbonyl (C=O) groups excluding carboxylic acids is 1. The third-order valence-electron chi connectivity index (χ3n) is 10.1. The Kier molecular flexibility index (Phi) is 4.36. The van der Waals surface area contributed by atoms with Gasteiger partial charge in [-0.3, -0.25) is 9.63 Å². The summed E-state index contributed by atoms with van der Waals surface area (Å²) in [5.74, 6) is -0.840. The molecule has 0 spiro atoms. The van der Waals surface area contributed by atoms with Crippen molar-refractivity contribution >= 4 is 5.78 Å². The van der Waals surface area contributed by atoms with E-state index in [0.717, 1.165) is 5.56 Å². The number of alkyl halides is 2. The van der Waals surface area contributed by atoms with Crippen molar-refractivity contribution in [2.45, 2.75) is 70.6 Å². The second-order valence-corrected chi connectivity index (χ2v) is 11.6. The zero-order valence-corrected chi connectivity index (χ0v) is 19.3. The molecule has 4 aliphatic carbocycles. The molecule has 0 aromatic carbocycles. The maximum Gasteiger partial charge on any atom is 0.178 e. The summed E-state index contributed by atoms with van der Waals surface area (Å²) in [4.78, 5) is 18.4. The normalized spacial score (nSPS) is 51.0. The molecule has 1 aliphatic heterocycles. The number of allylic oxidation sites excluding steroid dienone is 4. The topological polar surface area (TPSA) is 62.9 Å². The Bertz CT molecular complexity index is 1050. The number of nitrogens with zero attached hydrogens (tertiary/aromatic N) is 1. The van der Waals surface area contributed by atoms with Crippen molar-refractivity contribution in [3.8, 4) is 0 Å². The first-order chi connectivity index (χ1) is 15.5. The molecule has 9 unspecified atom stereocenters. The van der Waals surface area contributed by atoms with Gasteiger partial charge in [-0.2, -0.15) is 5.06 Å². The van der Waals surface area contributed by atoms with Gasteiger partial charge in [0.1, 0.15) is 6.17 Å². The molecule has 0 bridgehead atoms. The first-order valence-electron chi connectivity index (χ1n) is 11.9. The number of carbonyl (C=O) groups is 1. The van der Waals surface area contributed by atoms with Crippen LogP contribution in [0.4, 0.5) is 8.78 Å². The van der Waals surface area contributed by atoms with E-state index in [1.807, 2.05) is 11.1 Å². The van der Waals surface area contributed by atoms with E-state index < -0.39 is 40.1 Å². The lowest BCUT2D eigenvalue weighted by atomic mass is 9.41. The third-order valence-corrected chi connectivity index (χ3v) is 10.1. The van der Waals surface area contributed by atoms with Crippen LogP contribution in [0.2, 0.25) is 0 Å². The highest BCUT2D eigenvalue weighted by Gasteiger charge is 2.77. The molecule has 3 saturated carbocycles. The molecule has 33 heavy (non-hydrogen) atoms. The summed E-state index contributed by atoms with van der Waals surface area (Å²) in [5.41, 5.74) is -3.27. The van der Waals surface area contributed by atoms with Gasteiger partial charge in [0, 0.05) is 34.8 Å². The molecule has 0 amide bonds. The first-order valence-corrected chi connectivity index (χ1v) is 11.9. The molecule has 6 rings (SSSR count). The van der Waals surface area contributed by atoms with E-state index in [1.54, 1.807) is 19.5 Å². The largest absolute Gasteiger partial charge is 0.472 e. The highest BCUT2D eigenvalue weighted by atomic mass is 19.1. The number of hydrogen-bond donors (Lipinski definition) is 1. The fourth-order valence-electron chi connectivity index (χ4n) is 8.32. The van der Waals surface area contributed by atoms with Crippen LogP contribution in [0.5, 0.6) is 0 Å². The standard InChI is InChI=1S/C26H31F2NO4/c1-23-6-4-17(30)8-18(23)19(27)9-20-24(2)10-16-13-29(12-15-5-7-32-14-15)33-22(16)25(24,3)11-21(31)26(20,23)28/h4-8,14,16,19-22,31H,9-13H2,1-3H3. The van der Waals surface area contributed by atoms with Gasteiger partial charge in [-0.15, -0.1) is 0 Å². The SMILES string of the molecule is CC12C=CC(=O)C=C1C(F)CC1C3(C)CC4CN(Cc5ccoc5)OC4C3(C)CC(O)C12F. The number of ketones is 1. The number of aliphatic hydroxyl groups is 1. The Morgan fingerprint density at radius 1 is 1.24 bits per heavy atom. The third kappa shape index (κ3) is 2.54. The molecule has 4 fully saturated rings. The minimum Gasteiger partial charge on any atom is -0.472 e. The maximum atomic E-state index is 17.3.